The van der Waals surface area contributed by atoms with Crippen LogP contribution >= 0.6 is 11.3 Å². The Kier molecular flexibility index (Phi) is 6.55. The van der Waals surface area contributed by atoms with Crippen LogP contribution in [-0.2, 0) is 16.1 Å². The maximum Gasteiger partial charge on any atom is 0.342 e. The lowest BCUT2D eigenvalue weighted by molar-refractivity contribution is -0.119. The molecule has 0 saturated carbocycles. The largest absolute Gasteiger partial charge is 0.486 e. The van der Waals surface area contributed by atoms with Gasteiger partial charge in [0.1, 0.15) is 24.0 Å². The summed E-state index contributed by atoms with van der Waals surface area (Å²) in [6.07, 6.45) is 0. The lowest BCUT2D eigenvalue weighted by Gasteiger charge is -2.11. The molecule has 1 amide bonds. The van der Waals surface area contributed by atoms with E-state index in [2.05, 4.69) is 10.3 Å². The molecule has 0 atom stereocenters. The number of rotatable bonds is 7. The average Bonchev–Trinajstić information content (AvgIpc) is 3.16. The van der Waals surface area contributed by atoms with Gasteiger partial charge in [0.15, 0.2) is 6.61 Å². The van der Waals surface area contributed by atoms with E-state index in [1.807, 2.05) is 18.4 Å². The summed E-state index contributed by atoms with van der Waals surface area (Å²) in [5.41, 5.74) is 1.66. The fraction of sp³-hybridized carbons (Fsp3) is 0.143. The van der Waals surface area contributed by atoms with E-state index in [0.29, 0.717) is 17.0 Å². The van der Waals surface area contributed by atoms with Crippen LogP contribution < -0.4 is 10.1 Å². The van der Waals surface area contributed by atoms with Gasteiger partial charge in [-0.1, -0.05) is 24.3 Å². The SMILES string of the molecule is Cc1nc(COc2ccccc2C(=O)OCC(=O)Nc2ccccc2C#N)cs1. The quantitative estimate of drug-likeness (QED) is 0.599. The van der Waals surface area contributed by atoms with Gasteiger partial charge in [0.25, 0.3) is 5.91 Å². The Bertz CT molecular complexity index is 1070. The molecular formula is C21H17N3O4S. The van der Waals surface area contributed by atoms with Crippen molar-refractivity contribution in [1.29, 1.82) is 5.26 Å². The first kappa shape index (κ1) is 20.0. The minimum absolute atomic E-state index is 0.213. The summed E-state index contributed by atoms with van der Waals surface area (Å²) in [5, 5.41) is 14.4. The molecule has 0 saturated heterocycles. The fourth-order valence-electron chi connectivity index (χ4n) is 2.47. The second kappa shape index (κ2) is 9.48. The first-order valence-corrected chi connectivity index (χ1v) is 9.53. The molecule has 1 heterocycles. The standard InChI is InChI=1S/C21H17N3O4S/c1-14-23-16(13-29-14)11-27-19-9-5-3-7-17(19)21(26)28-12-20(25)24-18-8-4-2-6-15(18)10-22/h2-9,13H,11-12H2,1H3,(H,24,25). The number of amides is 1. The molecule has 0 unspecified atom stereocenters. The van der Waals surface area contributed by atoms with E-state index in [1.165, 1.54) is 11.3 Å². The molecule has 3 rings (SSSR count). The van der Waals surface area contributed by atoms with Gasteiger partial charge in [0, 0.05) is 5.38 Å². The summed E-state index contributed by atoms with van der Waals surface area (Å²) in [7, 11) is 0. The van der Waals surface area contributed by atoms with Crippen molar-refractivity contribution in [2.75, 3.05) is 11.9 Å². The number of hydrogen-bond acceptors (Lipinski definition) is 7. The maximum absolute atomic E-state index is 12.4. The number of nitriles is 1. The van der Waals surface area contributed by atoms with Gasteiger partial charge < -0.3 is 14.8 Å². The third-order valence-electron chi connectivity index (χ3n) is 3.81. The molecule has 0 aliphatic carbocycles. The monoisotopic (exact) mass is 407 g/mol. The van der Waals surface area contributed by atoms with Crippen molar-refractivity contribution in [2.24, 2.45) is 0 Å². The van der Waals surface area contributed by atoms with E-state index < -0.39 is 18.5 Å². The first-order valence-electron chi connectivity index (χ1n) is 8.65. The Morgan fingerprint density at radius 3 is 2.69 bits per heavy atom. The third-order valence-corrected chi connectivity index (χ3v) is 4.63. The molecular weight excluding hydrogens is 390 g/mol. The lowest BCUT2D eigenvalue weighted by Crippen LogP contribution is -2.21. The van der Waals surface area contributed by atoms with Crippen molar-refractivity contribution in [3.63, 3.8) is 0 Å². The highest BCUT2D eigenvalue weighted by Gasteiger charge is 2.16. The highest BCUT2D eigenvalue weighted by atomic mass is 32.1. The van der Waals surface area contributed by atoms with Gasteiger partial charge in [-0.3, -0.25) is 4.79 Å². The molecule has 146 valence electrons. The number of anilines is 1. The van der Waals surface area contributed by atoms with E-state index in [1.54, 1.807) is 48.5 Å². The minimum atomic E-state index is -0.682. The van der Waals surface area contributed by atoms with Gasteiger partial charge >= 0.3 is 5.97 Å². The second-order valence-corrected chi connectivity index (χ2v) is 6.99. The first-order chi connectivity index (χ1) is 14.1. The van der Waals surface area contributed by atoms with E-state index in [4.69, 9.17) is 14.7 Å². The third kappa shape index (κ3) is 5.40. The lowest BCUT2D eigenvalue weighted by atomic mass is 10.2. The highest BCUT2D eigenvalue weighted by Crippen LogP contribution is 2.21. The number of ether oxygens (including phenoxy) is 2. The fourth-order valence-corrected chi connectivity index (χ4v) is 3.07. The van der Waals surface area contributed by atoms with Crippen LogP contribution in [0.25, 0.3) is 0 Å². The molecule has 1 N–H and O–H groups in total. The number of carbonyl (C=O) groups is 2. The van der Waals surface area contributed by atoms with Crippen molar-refractivity contribution in [2.45, 2.75) is 13.5 Å². The number of hydrogen-bond donors (Lipinski definition) is 1. The van der Waals surface area contributed by atoms with Gasteiger partial charge in [-0.25, -0.2) is 9.78 Å². The van der Waals surface area contributed by atoms with Crippen LogP contribution in [0.4, 0.5) is 5.69 Å². The number of nitrogens with zero attached hydrogens (tertiary/aromatic N) is 2. The Morgan fingerprint density at radius 1 is 1.17 bits per heavy atom. The molecule has 7 nitrogen and oxygen atoms in total. The number of nitrogens with one attached hydrogen (secondary N) is 1. The maximum atomic E-state index is 12.4. The molecule has 0 aliphatic heterocycles. The van der Waals surface area contributed by atoms with Crippen molar-refractivity contribution < 1.29 is 19.1 Å². The van der Waals surface area contributed by atoms with E-state index in [-0.39, 0.29) is 12.2 Å². The zero-order valence-corrected chi connectivity index (χ0v) is 16.4. The van der Waals surface area contributed by atoms with Gasteiger partial charge in [-0.15, -0.1) is 11.3 Å². The van der Waals surface area contributed by atoms with Crippen molar-refractivity contribution in [1.82, 2.24) is 4.98 Å². The molecule has 0 radical (unpaired) electrons. The number of aromatic nitrogens is 1. The molecule has 0 aliphatic rings. The van der Waals surface area contributed by atoms with Crippen molar-refractivity contribution >= 4 is 28.9 Å². The summed E-state index contributed by atoms with van der Waals surface area (Å²) < 4.78 is 10.8. The zero-order valence-electron chi connectivity index (χ0n) is 15.5. The summed E-state index contributed by atoms with van der Waals surface area (Å²) in [6, 6.07) is 15.2. The molecule has 0 fully saturated rings. The average molecular weight is 407 g/mol. The van der Waals surface area contributed by atoms with Crippen LogP contribution in [0.2, 0.25) is 0 Å². The van der Waals surface area contributed by atoms with E-state index in [9.17, 15) is 9.59 Å². The van der Waals surface area contributed by atoms with Gasteiger partial charge in [0.2, 0.25) is 0 Å². The molecule has 8 heteroatoms. The number of benzene rings is 2. The Labute approximate surface area is 171 Å². The number of para-hydroxylation sites is 2. The summed E-state index contributed by atoms with van der Waals surface area (Å²) in [6.45, 7) is 1.64. The molecule has 0 bridgehead atoms. The molecule has 2 aromatic carbocycles. The Morgan fingerprint density at radius 2 is 1.93 bits per heavy atom. The Hall–Kier alpha value is -3.70. The number of thiazole rings is 1. The van der Waals surface area contributed by atoms with Gasteiger partial charge in [0.05, 0.1) is 22.0 Å². The second-order valence-electron chi connectivity index (χ2n) is 5.92. The summed E-state index contributed by atoms with van der Waals surface area (Å²) >= 11 is 1.52. The molecule has 1 aromatic heterocycles. The predicted molar refractivity (Wildman–Crippen MR) is 108 cm³/mol. The molecule has 29 heavy (non-hydrogen) atoms. The van der Waals surface area contributed by atoms with Crippen LogP contribution in [-0.4, -0.2) is 23.5 Å². The van der Waals surface area contributed by atoms with Crippen molar-refractivity contribution in [3.8, 4) is 11.8 Å². The summed E-state index contributed by atoms with van der Waals surface area (Å²) in [4.78, 5) is 28.8. The zero-order chi connectivity index (χ0) is 20.6. The van der Waals surface area contributed by atoms with Crippen LogP contribution in [0.3, 0.4) is 0 Å². The van der Waals surface area contributed by atoms with Crippen LogP contribution in [0.1, 0.15) is 26.6 Å². The minimum Gasteiger partial charge on any atom is -0.486 e. The van der Waals surface area contributed by atoms with Gasteiger partial charge in [-0.05, 0) is 31.2 Å². The van der Waals surface area contributed by atoms with Crippen LogP contribution in [0.15, 0.2) is 53.9 Å². The predicted octanol–water partition coefficient (Wildman–Crippen LogP) is 3.70. The number of carbonyl (C=O) groups excluding carboxylic acids is 2. The normalized spacial score (nSPS) is 10.1. The van der Waals surface area contributed by atoms with E-state index >= 15 is 0 Å². The molecule has 0 spiro atoms. The Balaban J connectivity index is 1.59. The summed E-state index contributed by atoms with van der Waals surface area (Å²) in [5.74, 6) is -0.880. The van der Waals surface area contributed by atoms with Gasteiger partial charge in [-0.2, -0.15) is 5.26 Å². The van der Waals surface area contributed by atoms with E-state index in [0.717, 1.165) is 10.7 Å². The highest BCUT2D eigenvalue weighted by molar-refractivity contribution is 7.09. The van der Waals surface area contributed by atoms with Crippen LogP contribution in [0, 0.1) is 18.3 Å². The number of aryl methyl sites for hydroxylation is 1. The van der Waals surface area contributed by atoms with Crippen LogP contribution in [0.5, 0.6) is 5.75 Å². The number of esters is 1. The smallest absolute Gasteiger partial charge is 0.342 e. The molecule has 3 aromatic rings. The van der Waals surface area contributed by atoms with Crippen molar-refractivity contribution in [3.05, 3.63) is 75.7 Å². The topological polar surface area (TPSA) is 101 Å².